The van der Waals surface area contributed by atoms with E-state index in [1.807, 2.05) is 18.2 Å². The van der Waals surface area contributed by atoms with Crippen LogP contribution in [0.25, 0.3) is 0 Å². The molecule has 1 fully saturated rings. The number of nitrogens with one attached hydrogen (secondary N) is 1. The number of piperidine rings is 1. The van der Waals surface area contributed by atoms with Crippen molar-refractivity contribution >= 4 is 23.2 Å². The SMILES string of the molecule is CCC1CN(CCC(=O)Nc2ccccc2Cl)CCC1N. The number of hydrogen-bond acceptors (Lipinski definition) is 3. The molecule has 1 aromatic rings. The molecule has 0 radical (unpaired) electrons. The first kappa shape index (κ1) is 16.3. The van der Waals surface area contributed by atoms with Crippen LogP contribution >= 0.6 is 11.6 Å². The monoisotopic (exact) mass is 309 g/mol. The van der Waals surface area contributed by atoms with E-state index in [0.717, 1.165) is 32.5 Å². The highest BCUT2D eigenvalue weighted by atomic mass is 35.5. The lowest BCUT2D eigenvalue weighted by Crippen LogP contribution is -2.47. The minimum absolute atomic E-state index is 0.00557. The number of hydrogen-bond donors (Lipinski definition) is 2. The van der Waals surface area contributed by atoms with Crippen LogP contribution in [0, 0.1) is 5.92 Å². The molecule has 2 rings (SSSR count). The molecule has 0 aromatic heterocycles. The van der Waals surface area contributed by atoms with Crippen molar-refractivity contribution in [3.8, 4) is 0 Å². The maximum absolute atomic E-state index is 12.0. The van der Waals surface area contributed by atoms with E-state index in [1.165, 1.54) is 0 Å². The summed E-state index contributed by atoms with van der Waals surface area (Å²) in [5.74, 6) is 0.552. The summed E-state index contributed by atoms with van der Waals surface area (Å²) in [5.41, 5.74) is 6.78. The third-order valence-electron chi connectivity index (χ3n) is 4.20. The molecular formula is C16H24ClN3O. The van der Waals surface area contributed by atoms with E-state index >= 15 is 0 Å². The van der Waals surface area contributed by atoms with Crippen molar-refractivity contribution in [2.75, 3.05) is 25.0 Å². The van der Waals surface area contributed by atoms with Gasteiger partial charge in [-0.2, -0.15) is 0 Å². The Bertz CT molecular complexity index is 480. The lowest BCUT2D eigenvalue weighted by Gasteiger charge is -2.36. The van der Waals surface area contributed by atoms with Crippen molar-refractivity contribution in [2.24, 2.45) is 11.7 Å². The first-order valence-corrected chi connectivity index (χ1v) is 8.00. The molecule has 1 aliphatic heterocycles. The highest BCUT2D eigenvalue weighted by molar-refractivity contribution is 6.33. The van der Waals surface area contributed by atoms with Crippen LogP contribution in [0.2, 0.25) is 5.02 Å². The normalized spacial score (nSPS) is 23.0. The van der Waals surface area contributed by atoms with Crippen molar-refractivity contribution in [1.29, 1.82) is 0 Å². The number of nitrogens with zero attached hydrogens (tertiary/aromatic N) is 1. The summed E-state index contributed by atoms with van der Waals surface area (Å²) in [6.07, 6.45) is 2.60. The Kier molecular flexibility index (Phi) is 6.03. The fourth-order valence-electron chi connectivity index (χ4n) is 2.80. The molecule has 1 amide bonds. The third kappa shape index (κ3) is 4.70. The average molecular weight is 310 g/mol. The summed E-state index contributed by atoms with van der Waals surface area (Å²) in [5, 5.41) is 3.43. The molecule has 1 heterocycles. The van der Waals surface area contributed by atoms with Gasteiger partial charge in [-0.3, -0.25) is 4.79 Å². The predicted octanol–water partition coefficient (Wildman–Crippen LogP) is 2.73. The van der Waals surface area contributed by atoms with Crippen LogP contribution in [0.1, 0.15) is 26.2 Å². The molecule has 0 spiro atoms. The van der Waals surface area contributed by atoms with E-state index in [9.17, 15) is 4.79 Å². The zero-order valence-corrected chi connectivity index (χ0v) is 13.3. The molecule has 0 bridgehead atoms. The summed E-state index contributed by atoms with van der Waals surface area (Å²) < 4.78 is 0. The van der Waals surface area contributed by atoms with Crippen LogP contribution in [0.3, 0.4) is 0 Å². The summed E-state index contributed by atoms with van der Waals surface area (Å²) in [4.78, 5) is 14.3. The fraction of sp³-hybridized carbons (Fsp3) is 0.562. The van der Waals surface area contributed by atoms with E-state index in [4.69, 9.17) is 17.3 Å². The highest BCUT2D eigenvalue weighted by Gasteiger charge is 2.25. The van der Waals surface area contributed by atoms with Gasteiger partial charge in [0.2, 0.25) is 5.91 Å². The number of rotatable bonds is 5. The van der Waals surface area contributed by atoms with Crippen molar-refractivity contribution in [2.45, 2.75) is 32.2 Å². The number of para-hydroxylation sites is 1. The number of anilines is 1. The molecule has 4 nitrogen and oxygen atoms in total. The van der Waals surface area contributed by atoms with Crippen molar-refractivity contribution in [3.63, 3.8) is 0 Å². The molecule has 3 N–H and O–H groups in total. The van der Waals surface area contributed by atoms with Gasteiger partial charge in [0.25, 0.3) is 0 Å². The quantitative estimate of drug-likeness (QED) is 0.879. The highest BCUT2D eigenvalue weighted by Crippen LogP contribution is 2.21. The van der Waals surface area contributed by atoms with Gasteiger partial charge in [0.15, 0.2) is 0 Å². The first-order valence-electron chi connectivity index (χ1n) is 7.62. The smallest absolute Gasteiger partial charge is 0.225 e. The van der Waals surface area contributed by atoms with Gasteiger partial charge < -0.3 is 16.0 Å². The summed E-state index contributed by atoms with van der Waals surface area (Å²) in [6.45, 7) is 4.94. The van der Waals surface area contributed by atoms with Crippen LogP contribution in [0.15, 0.2) is 24.3 Å². The number of benzene rings is 1. The van der Waals surface area contributed by atoms with Crippen LogP contribution in [0.5, 0.6) is 0 Å². The average Bonchev–Trinajstić information content (AvgIpc) is 2.49. The molecule has 0 aliphatic carbocycles. The Morgan fingerprint density at radius 3 is 2.95 bits per heavy atom. The lowest BCUT2D eigenvalue weighted by molar-refractivity contribution is -0.116. The molecule has 5 heteroatoms. The Labute approximate surface area is 131 Å². The van der Waals surface area contributed by atoms with E-state index in [2.05, 4.69) is 17.1 Å². The number of amides is 1. The van der Waals surface area contributed by atoms with Gasteiger partial charge >= 0.3 is 0 Å². The van der Waals surface area contributed by atoms with Gasteiger partial charge in [-0.1, -0.05) is 37.1 Å². The van der Waals surface area contributed by atoms with E-state index in [1.54, 1.807) is 6.07 Å². The number of carbonyl (C=O) groups excluding carboxylic acids is 1. The van der Waals surface area contributed by atoms with E-state index < -0.39 is 0 Å². The van der Waals surface area contributed by atoms with Gasteiger partial charge in [-0.15, -0.1) is 0 Å². The van der Waals surface area contributed by atoms with Crippen molar-refractivity contribution in [1.82, 2.24) is 4.90 Å². The molecule has 116 valence electrons. The predicted molar refractivity (Wildman–Crippen MR) is 87.5 cm³/mol. The number of nitrogens with two attached hydrogens (primary N) is 1. The zero-order chi connectivity index (χ0) is 15.2. The number of carbonyl (C=O) groups is 1. The number of likely N-dealkylation sites (tertiary alicyclic amines) is 1. The van der Waals surface area contributed by atoms with Gasteiger partial charge in [-0.05, 0) is 31.0 Å². The Hall–Kier alpha value is -1.10. The topological polar surface area (TPSA) is 58.4 Å². The van der Waals surface area contributed by atoms with Gasteiger partial charge in [-0.25, -0.2) is 0 Å². The van der Waals surface area contributed by atoms with E-state index in [0.29, 0.717) is 29.1 Å². The minimum Gasteiger partial charge on any atom is -0.327 e. The molecular weight excluding hydrogens is 286 g/mol. The molecule has 21 heavy (non-hydrogen) atoms. The largest absolute Gasteiger partial charge is 0.327 e. The van der Waals surface area contributed by atoms with Crippen LogP contribution in [-0.2, 0) is 4.79 Å². The second-order valence-corrected chi connectivity index (χ2v) is 6.11. The van der Waals surface area contributed by atoms with Gasteiger partial charge in [0.05, 0.1) is 10.7 Å². The van der Waals surface area contributed by atoms with Crippen molar-refractivity contribution < 1.29 is 4.79 Å². The Morgan fingerprint density at radius 1 is 1.48 bits per heavy atom. The molecule has 0 saturated carbocycles. The van der Waals surface area contributed by atoms with Gasteiger partial charge in [0.1, 0.15) is 0 Å². The summed E-state index contributed by atoms with van der Waals surface area (Å²) >= 11 is 6.03. The molecule has 2 atom stereocenters. The zero-order valence-electron chi connectivity index (χ0n) is 12.5. The lowest BCUT2D eigenvalue weighted by atomic mass is 9.90. The Morgan fingerprint density at radius 2 is 2.24 bits per heavy atom. The number of halogens is 1. The van der Waals surface area contributed by atoms with Crippen LogP contribution in [0.4, 0.5) is 5.69 Å². The van der Waals surface area contributed by atoms with E-state index in [-0.39, 0.29) is 5.91 Å². The summed E-state index contributed by atoms with van der Waals surface area (Å²) in [6, 6.07) is 7.60. The first-order chi connectivity index (χ1) is 10.1. The van der Waals surface area contributed by atoms with Crippen molar-refractivity contribution in [3.05, 3.63) is 29.3 Å². The minimum atomic E-state index is 0.00557. The third-order valence-corrected chi connectivity index (χ3v) is 4.53. The van der Waals surface area contributed by atoms with Crippen LogP contribution < -0.4 is 11.1 Å². The molecule has 1 aliphatic rings. The fourth-order valence-corrected chi connectivity index (χ4v) is 2.98. The second kappa shape index (κ2) is 7.78. The maximum atomic E-state index is 12.0. The molecule has 1 saturated heterocycles. The molecule has 1 aromatic carbocycles. The summed E-state index contributed by atoms with van der Waals surface area (Å²) in [7, 11) is 0. The van der Waals surface area contributed by atoms with Crippen LogP contribution in [-0.4, -0.2) is 36.5 Å². The molecule has 2 unspecified atom stereocenters. The van der Waals surface area contributed by atoms with Gasteiger partial charge in [0, 0.05) is 25.6 Å². The second-order valence-electron chi connectivity index (χ2n) is 5.70. The maximum Gasteiger partial charge on any atom is 0.225 e. The Balaban J connectivity index is 1.78. The standard InChI is InChI=1S/C16H24ClN3O/c1-2-12-11-20(9-7-14(12)18)10-8-16(21)19-15-6-4-3-5-13(15)17/h3-6,12,14H,2,7-11,18H2,1H3,(H,19,21).